The second-order valence-electron chi connectivity index (χ2n) is 6.38. The first-order chi connectivity index (χ1) is 15.1. The first kappa shape index (κ1) is 25.3. The Bertz CT molecular complexity index is 1120. The molecule has 0 aliphatic rings. The summed E-state index contributed by atoms with van der Waals surface area (Å²) < 4.78 is 31.5. The lowest BCUT2D eigenvalue weighted by Crippen LogP contribution is -2.30. The van der Waals surface area contributed by atoms with E-state index in [0.717, 1.165) is 0 Å². The summed E-state index contributed by atoms with van der Waals surface area (Å²) >= 11 is 1.29. The van der Waals surface area contributed by atoms with Gasteiger partial charge in [0.15, 0.2) is 6.61 Å². The van der Waals surface area contributed by atoms with Gasteiger partial charge in [0.25, 0.3) is 11.6 Å². The largest absolute Gasteiger partial charge is 0.452 e. The number of thioether (sulfide) groups is 1. The van der Waals surface area contributed by atoms with E-state index in [1.54, 1.807) is 20.1 Å². The van der Waals surface area contributed by atoms with Crippen LogP contribution in [0.15, 0.2) is 52.3 Å². The van der Waals surface area contributed by atoms with E-state index in [-0.39, 0.29) is 16.1 Å². The van der Waals surface area contributed by atoms with Crippen molar-refractivity contribution in [2.45, 2.75) is 23.6 Å². The molecule has 0 spiro atoms. The number of hydrogen-bond acceptors (Lipinski definition) is 8. The number of sulfonamides is 1. The van der Waals surface area contributed by atoms with Crippen molar-refractivity contribution in [1.29, 1.82) is 0 Å². The Kier molecular flexibility index (Phi) is 8.75. The van der Waals surface area contributed by atoms with Gasteiger partial charge in [-0.3, -0.25) is 14.9 Å². The number of nitrogens with zero attached hydrogens (tertiary/aromatic N) is 2. The molecule has 10 nitrogen and oxygen atoms in total. The van der Waals surface area contributed by atoms with Crippen molar-refractivity contribution >= 4 is 45.0 Å². The lowest BCUT2D eigenvalue weighted by molar-refractivity contribution is -0.385. The maximum atomic E-state index is 12.6. The van der Waals surface area contributed by atoms with E-state index in [0.29, 0.717) is 18.0 Å². The van der Waals surface area contributed by atoms with Crippen LogP contribution in [0.1, 0.15) is 24.2 Å². The molecule has 0 unspecified atom stereocenters. The zero-order chi connectivity index (χ0) is 23.9. The highest BCUT2D eigenvalue weighted by Gasteiger charge is 2.24. The molecular weight excluding hydrogens is 458 g/mol. The van der Waals surface area contributed by atoms with Gasteiger partial charge in [0.2, 0.25) is 10.0 Å². The fourth-order valence-corrected chi connectivity index (χ4v) is 4.76. The predicted molar refractivity (Wildman–Crippen MR) is 120 cm³/mol. The van der Waals surface area contributed by atoms with Crippen LogP contribution < -0.4 is 5.32 Å². The fraction of sp³-hybridized carbons (Fsp3) is 0.300. The summed E-state index contributed by atoms with van der Waals surface area (Å²) in [5, 5.41) is 13.6. The van der Waals surface area contributed by atoms with E-state index in [2.05, 4.69) is 5.32 Å². The standard InChI is InChI=1S/C20H23N3O7S2/c1-4-22(5-2)32(28,29)16-8-6-7-14(11-16)21-19(24)13-30-20(25)17-12-15(31-3)9-10-18(17)23(26)27/h6-12H,4-5,13H2,1-3H3,(H,21,24). The van der Waals surface area contributed by atoms with Crippen molar-refractivity contribution < 1.29 is 27.7 Å². The van der Waals surface area contributed by atoms with Crippen LogP contribution in [0.2, 0.25) is 0 Å². The number of nitro benzene ring substituents is 1. The third-order valence-electron chi connectivity index (χ3n) is 4.42. The Balaban J connectivity index is 2.10. The minimum absolute atomic E-state index is 0.0144. The molecule has 1 N–H and O–H groups in total. The van der Waals surface area contributed by atoms with Crippen LogP contribution in [-0.2, 0) is 19.6 Å². The van der Waals surface area contributed by atoms with Crippen LogP contribution in [0.5, 0.6) is 0 Å². The summed E-state index contributed by atoms with van der Waals surface area (Å²) in [5.41, 5.74) is -0.487. The van der Waals surface area contributed by atoms with Crippen molar-refractivity contribution in [1.82, 2.24) is 4.31 Å². The molecule has 0 heterocycles. The van der Waals surface area contributed by atoms with Crippen molar-refractivity contribution in [3.8, 4) is 0 Å². The van der Waals surface area contributed by atoms with Gasteiger partial charge < -0.3 is 10.1 Å². The van der Waals surface area contributed by atoms with Crippen molar-refractivity contribution in [2.75, 3.05) is 31.3 Å². The second kappa shape index (κ2) is 11.1. The number of amides is 1. The number of ether oxygens (including phenoxy) is 1. The Morgan fingerprint density at radius 1 is 1.16 bits per heavy atom. The minimum atomic E-state index is -3.71. The third kappa shape index (κ3) is 6.05. The van der Waals surface area contributed by atoms with Crippen LogP contribution in [0.4, 0.5) is 11.4 Å². The maximum Gasteiger partial charge on any atom is 0.345 e. The molecule has 0 fully saturated rings. The van der Waals surface area contributed by atoms with E-state index in [9.17, 15) is 28.1 Å². The summed E-state index contributed by atoms with van der Waals surface area (Å²) in [4.78, 5) is 35.6. The monoisotopic (exact) mass is 481 g/mol. The smallest absolute Gasteiger partial charge is 0.345 e. The van der Waals surface area contributed by atoms with E-state index in [4.69, 9.17) is 4.74 Å². The van der Waals surface area contributed by atoms with Gasteiger partial charge in [-0.1, -0.05) is 19.9 Å². The highest BCUT2D eigenvalue weighted by Crippen LogP contribution is 2.25. The van der Waals surface area contributed by atoms with E-state index in [1.165, 1.54) is 58.5 Å². The van der Waals surface area contributed by atoms with E-state index >= 15 is 0 Å². The second-order valence-corrected chi connectivity index (χ2v) is 9.20. The van der Waals surface area contributed by atoms with E-state index in [1.807, 2.05) is 0 Å². The molecule has 2 aromatic rings. The van der Waals surface area contributed by atoms with Gasteiger partial charge >= 0.3 is 5.97 Å². The molecule has 1 amide bonds. The van der Waals surface area contributed by atoms with Gasteiger partial charge in [-0.05, 0) is 36.6 Å². The number of rotatable bonds is 10. The molecule has 0 saturated carbocycles. The average Bonchev–Trinajstić information content (AvgIpc) is 2.77. The van der Waals surface area contributed by atoms with Gasteiger partial charge in [-0.2, -0.15) is 4.31 Å². The van der Waals surface area contributed by atoms with Crippen LogP contribution in [0.3, 0.4) is 0 Å². The Morgan fingerprint density at radius 3 is 2.44 bits per heavy atom. The zero-order valence-electron chi connectivity index (χ0n) is 17.7. The van der Waals surface area contributed by atoms with Crippen molar-refractivity contribution in [2.24, 2.45) is 0 Å². The van der Waals surface area contributed by atoms with Crippen molar-refractivity contribution in [3.63, 3.8) is 0 Å². The first-order valence-corrected chi connectivity index (χ1v) is 12.2. The number of carbonyl (C=O) groups is 2. The Morgan fingerprint density at radius 2 is 1.84 bits per heavy atom. The van der Waals surface area contributed by atoms with Gasteiger partial charge in [-0.15, -0.1) is 11.8 Å². The van der Waals surface area contributed by atoms with Crippen LogP contribution in [-0.4, -0.2) is 55.5 Å². The number of nitrogens with one attached hydrogen (secondary N) is 1. The van der Waals surface area contributed by atoms with E-state index < -0.39 is 39.1 Å². The van der Waals surface area contributed by atoms with Gasteiger partial charge in [0, 0.05) is 29.7 Å². The molecule has 172 valence electrons. The molecule has 0 aliphatic heterocycles. The number of anilines is 1. The number of esters is 1. The highest BCUT2D eigenvalue weighted by atomic mass is 32.2. The number of carbonyl (C=O) groups excluding carboxylic acids is 2. The molecule has 0 radical (unpaired) electrons. The summed E-state index contributed by atoms with van der Waals surface area (Å²) in [5.74, 6) is -1.74. The lowest BCUT2D eigenvalue weighted by Gasteiger charge is -2.18. The minimum Gasteiger partial charge on any atom is -0.452 e. The lowest BCUT2D eigenvalue weighted by atomic mass is 10.2. The van der Waals surface area contributed by atoms with Gasteiger partial charge in [0.1, 0.15) is 5.56 Å². The molecule has 0 aromatic heterocycles. The number of nitro groups is 1. The summed E-state index contributed by atoms with van der Waals surface area (Å²) in [6, 6.07) is 9.73. The third-order valence-corrected chi connectivity index (χ3v) is 7.19. The Labute approximate surface area is 190 Å². The molecular formula is C20H23N3O7S2. The van der Waals surface area contributed by atoms with Gasteiger partial charge in [0.05, 0.1) is 9.82 Å². The molecule has 0 aliphatic carbocycles. The normalized spacial score (nSPS) is 11.2. The molecule has 12 heteroatoms. The number of hydrogen-bond donors (Lipinski definition) is 1. The van der Waals surface area contributed by atoms with Crippen LogP contribution in [0, 0.1) is 10.1 Å². The summed E-state index contributed by atoms with van der Waals surface area (Å²) in [6.45, 7) is 3.34. The molecule has 2 rings (SSSR count). The number of benzene rings is 2. The SMILES string of the molecule is CCN(CC)S(=O)(=O)c1cccc(NC(=O)COC(=O)c2cc(SC)ccc2[N+](=O)[O-])c1. The molecule has 0 atom stereocenters. The predicted octanol–water partition coefficient (Wildman–Crippen LogP) is 3.14. The molecule has 2 aromatic carbocycles. The first-order valence-electron chi connectivity index (χ1n) is 9.53. The van der Waals surface area contributed by atoms with Crippen LogP contribution >= 0.6 is 11.8 Å². The summed E-state index contributed by atoms with van der Waals surface area (Å²) in [7, 11) is -3.71. The zero-order valence-corrected chi connectivity index (χ0v) is 19.4. The average molecular weight is 482 g/mol. The summed E-state index contributed by atoms with van der Waals surface area (Å²) in [6.07, 6.45) is 1.75. The molecule has 0 bridgehead atoms. The highest BCUT2D eigenvalue weighted by molar-refractivity contribution is 7.98. The maximum absolute atomic E-state index is 12.6. The van der Waals surface area contributed by atoms with Crippen molar-refractivity contribution in [3.05, 3.63) is 58.1 Å². The van der Waals surface area contributed by atoms with Gasteiger partial charge in [-0.25, -0.2) is 13.2 Å². The molecule has 0 saturated heterocycles. The molecule has 32 heavy (non-hydrogen) atoms. The quantitative estimate of drug-likeness (QED) is 0.237. The Hall–Kier alpha value is -2.96. The fourth-order valence-electron chi connectivity index (χ4n) is 2.82. The topological polar surface area (TPSA) is 136 Å². The van der Waals surface area contributed by atoms with Crippen LogP contribution in [0.25, 0.3) is 0 Å².